The molecule has 1 aliphatic heterocycles. The first kappa shape index (κ1) is 15.6. The van der Waals surface area contributed by atoms with Crippen LogP contribution in [-0.4, -0.2) is 37.3 Å². The maximum Gasteiger partial charge on any atom is 0.266 e. The summed E-state index contributed by atoms with van der Waals surface area (Å²) in [6.07, 6.45) is 8.61. The zero-order chi connectivity index (χ0) is 16.5. The molecule has 0 unspecified atom stereocenters. The number of hydrogen-bond acceptors (Lipinski definition) is 4. The van der Waals surface area contributed by atoms with Crippen LogP contribution < -0.4 is 5.56 Å². The second kappa shape index (κ2) is 6.51. The van der Waals surface area contributed by atoms with Crippen LogP contribution in [0.15, 0.2) is 29.5 Å². The second-order valence-corrected chi connectivity index (χ2v) is 7.30. The fourth-order valence-electron chi connectivity index (χ4n) is 3.54. The van der Waals surface area contributed by atoms with Crippen molar-refractivity contribution in [3.05, 3.63) is 46.4 Å². The molecule has 0 N–H and O–H groups in total. The average molecular weight is 327 g/mol. The van der Waals surface area contributed by atoms with Crippen LogP contribution >= 0.6 is 0 Å². The first-order chi connectivity index (χ1) is 11.7. The number of aromatic nitrogens is 4. The van der Waals surface area contributed by atoms with E-state index in [1.807, 2.05) is 24.0 Å². The van der Waals surface area contributed by atoms with Gasteiger partial charge < -0.3 is 4.57 Å². The van der Waals surface area contributed by atoms with Gasteiger partial charge in [0.25, 0.3) is 5.56 Å². The Kier molecular flexibility index (Phi) is 4.22. The molecule has 2 aromatic rings. The van der Waals surface area contributed by atoms with Crippen molar-refractivity contribution in [2.24, 2.45) is 13.0 Å². The first-order valence-electron chi connectivity index (χ1n) is 8.94. The highest BCUT2D eigenvalue weighted by Crippen LogP contribution is 2.38. The number of aryl methyl sites for hydroxylation is 1. The summed E-state index contributed by atoms with van der Waals surface area (Å²) in [5, 5.41) is 4.60. The highest BCUT2D eigenvalue weighted by Gasteiger charge is 2.26. The van der Waals surface area contributed by atoms with Crippen molar-refractivity contribution in [3.63, 3.8) is 0 Å². The van der Waals surface area contributed by atoms with E-state index >= 15 is 0 Å². The summed E-state index contributed by atoms with van der Waals surface area (Å²) in [6, 6.07) is 3.60. The molecular weight excluding hydrogens is 302 g/mol. The standard InChI is InChI=1S/C18H25N5O/c1-21-11-16(19-13-21)12-22-8-6-14(7-9-22)10-23-18(24)5-4-17(20-23)15-2-3-15/h4-5,11,13-15H,2-3,6-10,12H2,1H3. The van der Waals surface area contributed by atoms with Gasteiger partial charge in [-0.3, -0.25) is 9.69 Å². The molecule has 0 atom stereocenters. The molecule has 0 amide bonds. The first-order valence-corrected chi connectivity index (χ1v) is 8.94. The van der Waals surface area contributed by atoms with E-state index < -0.39 is 0 Å². The monoisotopic (exact) mass is 327 g/mol. The molecule has 2 fully saturated rings. The van der Waals surface area contributed by atoms with Crippen molar-refractivity contribution >= 4 is 0 Å². The lowest BCUT2D eigenvalue weighted by atomic mass is 9.97. The van der Waals surface area contributed by atoms with Crippen LogP contribution in [0.5, 0.6) is 0 Å². The lowest BCUT2D eigenvalue weighted by molar-refractivity contribution is 0.162. The van der Waals surface area contributed by atoms with Crippen LogP contribution in [0.2, 0.25) is 0 Å². The normalized spacial score (nSPS) is 19.7. The third-order valence-corrected chi connectivity index (χ3v) is 5.17. The predicted octanol–water partition coefficient (Wildman–Crippen LogP) is 1.77. The van der Waals surface area contributed by atoms with Crippen molar-refractivity contribution in [3.8, 4) is 0 Å². The van der Waals surface area contributed by atoms with Crippen LogP contribution in [0.25, 0.3) is 0 Å². The lowest BCUT2D eigenvalue weighted by Gasteiger charge is -2.31. The Labute approximate surface area is 142 Å². The third-order valence-electron chi connectivity index (χ3n) is 5.17. The smallest absolute Gasteiger partial charge is 0.266 e. The van der Waals surface area contributed by atoms with Crippen LogP contribution in [-0.2, 0) is 20.1 Å². The number of imidazole rings is 1. The van der Waals surface area contributed by atoms with Gasteiger partial charge in [-0.2, -0.15) is 5.10 Å². The van der Waals surface area contributed by atoms with Gasteiger partial charge in [0, 0.05) is 38.3 Å². The Bertz CT molecular complexity index is 753. The van der Waals surface area contributed by atoms with E-state index in [0.29, 0.717) is 11.8 Å². The summed E-state index contributed by atoms with van der Waals surface area (Å²) < 4.78 is 3.69. The fraction of sp³-hybridized carbons (Fsp3) is 0.611. The topological polar surface area (TPSA) is 56.0 Å². The van der Waals surface area contributed by atoms with Gasteiger partial charge in [-0.25, -0.2) is 9.67 Å². The predicted molar refractivity (Wildman–Crippen MR) is 91.7 cm³/mol. The number of likely N-dealkylation sites (tertiary alicyclic amines) is 1. The van der Waals surface area contributed by atoms with Crippen LogP contribution in [0.1, 0.15) is 43.0 Å². The lowest BCUT2D eigenvalue weighted by Crippen LogP contribution is -2.36. The molecule has 24 heavy (non-hydrogen) atoms. The van der Waals surface area contributed by atoms with Crippen LogP contribution in [0, 0.1) is 5.92 Å². The van der Waals surface area contributed by atoms with Crippen molar-refractivity contribution in [2.45, 2.75) is 44.7 Å². The van der Waals surface area contributed by atoms with Gasteiger partial charge in [-0.15, -0.1) is 0 Å². The number of piperidine rings is 1. The Morgan fingerprint density at radius 3 is 2.62 bits per heavy atom. The molecule has 0 spiro atoms. The minimum atomic E-state index is 0.0373. The fourth-order valence-corrected chi connectivity index (χ4v) is 3.54. The van der Waals surface area contributed by atoms with Gasteiger partial charge in [0.2, 0.25) is 0 Å². The molecule has 1 saturated carbocycles. The molecule has 128 valence electrons. The molecule has 1 saturated heterocycles. The van der Waals surface area contributed by atoms with E-state index in [0.717, 1.165) is 50.4 Å². The number of rotatable bonds is 5. The summed E-state index contributed by atoms with van der Waals surface area (Å²) in [7, 11) is 2.00. The second-order valence-electron chi connectivity index (χ2n) is 7.30. The largest absolute Gasteiger partial charge is 0.340 e. The number of nitrogens with zero attached hydrogens (tertiary/aromatic N) is 5. The molecule has 6 heteroatoms. The SMILES string of the molecule is Cn1cnc(CN2CCC(Cn3nc(C4CC4)ccc3=O)CC2)c1. The molecule has 2 aliphatic rings. The quantitative estimate of drug-likeness (QED) is 0.840. The molecule has 6 nitrogen and oxygen atoms in total. The third kappa shape index (κ3) is 3.59. The molecule has 0 bridgehead atoms. The van der Waals surface area contributed by atoms with Crippen molar-refractivity contribution in [1.82, 2.24) is 24.2 Å². The summed E-state index contributed by atoms with van der Waals surface area (Å²) in [5.41, 5.74) is 2.27. The maximum absolute atomic E-state index is 12.1. The maximum atomic E-state index is 12.1. The van der Waals surface area contributed by atoms with E-state index in [-0.39, 0.29) is 5.56 Å². The Morgan fingerprint density at radius 1 is 1.17 bits per heavy atom. The Hall–Kier alpha value is -1.95. The molecule has 4 rings (SSSR count). The zero-order valence-electron chi connectivity index (χ0n) is 14.3. The highest BCUT2D eigenvalue weighted by atomic mass is 16.1. The van der Waals surface area contributed by atoms with Gasteiger partial charge >= 0.3 is 0 Å². The number of hydrogen-bond donors (Lipinski definition) is 0. The Morgan fingerprint density at radius 2 is 1.96 bits per heavy atom. The highest BCUT2D eigenvalue weighted by molar-refractivity contribution is 5.12. The summed E-state index contributed by atoms with van der Waals surface area (Å²) >= 11 is 0. The van der Waals surface area contributed by atoms with Crippen LogP contribution in [0.3, 0.4) is 0 Å². The molecule has 0 aromatic carbocycles. The van der Waals surface area contributed by atoms with E-state index in [2.05, 4.69) is 21.2 Å². The minimum Gasteiger partial charge on any atom is -0.340 e. The van der Waals surface area contributed by atoms with Gasteiger partial charge in [-0.1, -0.05) is 0 Å². The molecule has 3 heterocycles. The Balaban J connectivity index is 1.33. The minimum absolute atomic E-state index is 0.0373. The van der Waals surface area contributed by atoms with E-state index in [1.165, 1.54) is 12.8 Å². The van der Waals surface area contributed by atoms with Crippen molar-refractivity contribution < 1.29 is 0 Å². The van der Waals surface area contributed by atoms with E-state index in [9.17, 15) is 4.79 Å². The van der Waals surface area contributed by atoms with Gasteiger partial charge in [0.15, 0.2) is 0 Å². The van der Waals surface area contributed by atoms with Gasteiger partial charge in [0.05, 0.1) is 17.7 Å². The summed E-state index contributed by atoms with van der Waals surface area (Å²) in [5.74, 6) is 1.14. The molecular formula is C18H25N5O. The zero-order valence-corrected chi connectivity index (χ0v) is 14.3. The van der Waals surface area contributed by atoms with E-state index in [1.54, 1.807) is 10.7 Å². The van der Waals surface area contributed by atoms with Gasteiger partial charge in [-0.05, 0) is 50.8 Å². The molecule has 1 aliphatic carbocycles. The van der Waals surface area contributed by atoms with Crippen molar-refractivity contribution in [1.29, 1.82) is 0 Å². The average Bonchev–Trinajstić information content (AvgIpc) is 3.35. The van der Waals surface area contributed by atoms with Gasteiger partial charge in [0.1, 0.15) is 0 Å². The molecule has 2 aromatic heterocycles. The summed E-state index contributed by atoms with van der Waals surface area (Å²) in [4.78, 5) is 18.9. The summed E-state index contributed by atoms with van der Waals surface area (Å²) in [6.45, 7) is 3.82. The van der Waals surface area contributed by atoms with E-state index in [4.69, 9.17) is 0 Å². The van der Waals surface area contributed by atoms with Crippen molar-refractivity contribution in [2.75, 3.05) is 13.1 Å². The van der Waals surface area contributed by atoms with Crippen LogP contribution in [0.4, 0.5) is 0 Å². The molecule has 0 radical (unpaired) electrons.